The van der Waals surface area contributed by atoms with E-state index in [-0.39, 0.29) is 27.3 Å². The van der Waals surface area contributed by atoms with E-state index in [0.717, 1.165) is 0 Å². The Morgan fingerprint density at radius 1 is 1.25 bits per heavy atom. The molecular weight excluding hydrogens is 383 g/mol. The average molecular weight is 391 g/mol. The second-order valence-corrected chi connectivity index (χ2v) is 5.64. The zero-order valence-electron chi connectivity index (χ0n) is 11.9. The van der Waals surface area contributed by atoms with E-state index < -0.39 is 16.7 Å². The first-order valence-electron chi connectivity index (χ1n) is 6.67. The number of halogens is 2. The highest BCUT2D eigenvalue weighted by atomic mass is 79.9. The third kappa shape index (κ3) is 3.09. The van der Waals surface area contributed by atoms with Gasteiger partial charge in [-0.15, -0.1) is 0 Å². The summed E-state index contributed by atoms with van der Waals surface area (Å²) >= 11 is 3.10. The number of carbonyl (C=O) groups is 1. The van der Waals surface area contributed by atoms with Crippen LogP contribution in [0.4, 0.5) is 10.1 Å². The van der Waals surface area contributed by atoms with Crippen LogP contribution in [0.2, 0.25) is 0 Å². The van der Waals surface area contributed by atoms with Crippen molar-refractivity contribution in [1.29, 1.82) is 0 Å². The lowest BCUT2D eigenvalue weighted by Gasteiger charge is -1.99. The number of nitro benzene ring substituents is 1. The number of nitrogens with zero attached hydrogens (tertiary/aromatic N) is 2. The standard InChI is InChI=1S/C16H8BrFN2O4/c17-11-7-9(5-6-14(11)20(22)23)8-13-16(21)24-15(19-13)10-3-1-2-4-12(10)18/h1-8H/b13-8+. The quantitative estimate of drug-likeness (QED) is 0.345. The van der Waals surface area contributed by atoms with Gasteiger partial charge in [0.1, 0.15) is 5.82 Å². The predicted octanol–water partition coefficient (Wildman–Crippen LogP) is 3.84. The second-order valence-electron chi connectivity index (χ2n) is 4.78. The molecule has 0 atom stereocenters. The summed E-state index contributed by atoms with van der Waals surface area (Å²) in [6.45, 7) is 0. The zero-order chi connectivity index (χ0) is 17.3. The molecule has 0 saturated heterocycles. The molecule has 8 heteroatoms. The van der Waals surface area contributed by atoms with Gasteiger partial charge in [0.05, 0.1) is 15.0 Å². The van der Waals surface area contributed by atoms with Crippen LogP contribution < -0.4 is 0 Å². The van der Waals surface area contributed by atoms with Crippen molar-refractivity contribution in [2.45, 2.75) is 0 Å². The Hall–Kier alpha value is -2.87. The Morgan fingerprint density at radius 3 is 2.67 bits per heavy atom. The van der Waals surface area contributed by atoms with Gasteiger partial charge in [-0.2, -0.15) is 0 Å². The lowest BCUT2D eigenvalue weighted by molar-refractivity contribution is -0.385. The van der Waals surface area contributed by atoms with Crippen molar-refractivity contribution in [3.63, 3.8) is 0 Å². The van der Waals surface area contributed by atoms with E-state index in [1.807, 2.05) is 0 Å². The highest BCUT2D eigenvalue weighted by molar-refractivity contribution is 9.10. The lowest BCUT2D eigenvalue weighted by atomic mass is 10.2. The van der Waals surface area contributed by atoms with Gasteiger partial charge in [0.2, 0.25) is 5.90 Å². The molecule has 0 bridgehead atoms. The molecule has 0 unspecified atom stereocenters. The van der Waals surface area contributed by atoms with Crippen LogP contribution in [-0.2, 0) is 9.53 Å². The number of ether oxygens (including phenoxy) is 1. The molecule has 3 rings (SSSR count). The smallest absolute Gasteiger partial charge is 0.363 e. The van der Waals surface area contributed by atoms with Crippen LogP contribution in [0.5, 0.6) is 0 Å². The molecule has 0 aliphatic carbocycles. The fourth-order valence-electron chi connectivity index (χ4n) is 2.08. The van der Waals surface area contributed by atoms with Crippen molar-refractivity contribution < 1.29 is 18.8 Å². The van der Waals surface area contributed by atoms with Crippen LogP contribution in [-0.4, -0.2) is 16.8 Å². The fraction of sp³-hybridized carbons (Fsp3) is 0. The van der Waals surface area contributed by atoms with Crippen molar-refractivity contribution in [3.8, 4) is 0 Å². The minimum absolute atomic E-state index is 0.0194. The van der Waals surface area contributed by atoms with Crippen molar-refractivity contribution >= 4 is 39.6 Å². The summed E-state index contributed by atoms with van der Waals surface area (Å²) in [4.78, 5) is 26.1. The van der Waals surface area contributed by atoms with Gasteiger partial charge >= 0.3 is 5.97 Å². The molecule has 0 fully saturated rings. The molecule has 0 aromatic heterocycles. The predicted molar refractivity (Wildman–Crippen MR) is 87.8 cm³/mol. The largest absolute Gasteiger partial charge is 0.402 e. The second kappa shape index (κ2) is 6.32. The number of rotatable bonds is 3. The summed E-state index contributed by atoms with van der Waals surface area (Å²) in [5, 5.41) is 10.8. The van der Waals surface area contributed by atoms with Gasteiger partial charge in [-0.1, -0.05) is 12.1 Å². The van der Waals surface area contributed by atoms with Gasteiger partial charge in [-0.25, -0.2) is 14.2 Å². The minimum Gasteiger partial charge on any atom is -0.402 e. The number of aliphatic imine (C=N–C) groups is 1. The first-order chi connectivity index (χ1) is 11.5. The minimum atomic E-state index is -0.720. The zero-order valence-corrected chi connectivity index (χ0v) is 13.5. The molecule has 24 heavy (non-hydrogen) atoms. The summed E-state index contributed by atoms with van der Waals surface area (Å²) in [6.07, 6.45) is 1.41. The fourth-order valence-corrected chi connectivity index (χ4v) is 2.62. The lowest BCUT2D eigenvalue weighted by Crippen LogP contribution is -2.07. The summed E-state index contributed by atoms with van der Waals surface area (Å²) < 4.78 is 19.0. The number of esters is 1. The maximum atomic E-state index is 13.7. The molecular formula is C16H8BrFN2O4. The third-order valence-electron chi connectivity index (χ3n) is 3.20. The Morgan fingerprint density at radius 2 is 2.00 bits per heavy atom. The monoisotopic (exact) mass is 390 g/mol. The van der Waals surface area contributed by atoms with Crippen molar-refractivity contribution in [1.82, 2.24) is 0 Å². The maximum absolute atomic E-state index is 13.7. The van der Waals surface area contributed by atoms with Gasteiger partial charge < -0.3 is 4.74 Å². The highest BCUT2D eigenvalue weighted by Crippen LogP contribution is 2.27. The molecule has 2 aromatic rings. The van der Waals surface area contributed by atoms with Crippen molar-refractivity contribution in [3.05, 3.63) is 79.7 Å². The van der Waals surface area contributed by atoms with Gasteiger partial charge in [-0.3, -0.25) is 10.1 Å². The summed E-state index contributed by atoms with van der Waals surface area (Å²) in [5.74, 6) is -1.39. The first kappa shape index (κ1) is 16.0. The summed E-state index contributed by atoms with van der Waals surface area (Å²) in [5.41, 5.74) is 0.479. The molecule has 6 nitrogen and oxygen atoms in total. The van der Waals surface area contributed by atoms with Crippen molar-refractivity contribution in [2.24, 2.45) is 4.99 Å². The van der Waals surface area contributed by atoms with Crippen LogP contribution in [0, 0.1) is 15.9 Å². The van der Waals surface area contributed by atoms with Crippen molar-refractivity contribution in [2.75, 3.05) is 0 Å². The molecule has 0 amide bonds. The maximum Gasteiger partial charge on any atom is 0.363 e. The number of benzene rings is 2. The number of hydrogen-bond donors (Lipinski definition) is 0. The summed E-state index contributed by atoms with van der Waals surface area (Å²) in [6, 6.07) is 10.1. The van der Waals surface area contributed by atoms with E-state index in [0.29, 0.717) is 5.56 Å². The van der Waals surface area contributed by atoms with E-state index >= 15 is 0 Å². The first-order valence-corrected chi connectivity index (χ1v) is 7.46. The average Bonchev–Trinajstić information content (AvgIpc) is 2.88. The number of carbonyl (C=O) groups excluding carboxylic acids is 1. The third-order valence-corrected chi connectivity index (χ3v) is 3.83. The molecule has 0 radical (unpaired) electrons. The Kier molecular flexibility index (Phi) is 4.22. The van der Waals surface area contributed by atoms with Crippen LogP contribution in [0.3, 0.4) is 0 Å². The number of hydrogen-bond acceptors (Lipinski definition) is 5. The van der Waals surface area contributed by atoms with E-state index in [1.54, 1.807) is 6.07 Å². The Bertz CT molecular complexity index is 924. The van der Waals surface area contributed by atoms with Gasteiger partial charge in [0.25, 0.3) is 5.69 Å². The van der Waals surface area contributed by atoms with Crippen LogP contribution >= 0.6 is 15.9 Å². The van der Waals surface area contributed by atoms with Crippen LogP contribution in [0.15, 0.2) is 57.6 Å². The van der Waals surface area contributed by atoms with Crippen LogP contribution in [0.1, 0.15) is 11.1 Å². The van der Waals surface area contributed by atoms with Gasteiger partial charge in [0.15, 0.2) is 5.70 Å². The van der Waals surface area contributed by atoms with Crippen LogP contribution in [0.25, 0.3) is 6.08 Å². The molecule has 0 saturated carbocycles. The van der Waals surface area contributed by atoms with Gasteiger partial charge in [0, 0.05) is 6.07 Å². The molecule has 120 valence electrons. The Balaban J connectivity index is 1.96. The molecule has 1 aliphatic rings. The highest BCUT2D eigenvalue weighted by Gasteiger charge is 2.26. The number of nitro groups is 1. The number of cyclic esters (lactones) is 1. The molecule has 1 heterocycles. The summed E-state index contributed by atoms with van der Waals surface area (Å²) in [7, 11) is 0. The topological polar surface area (TPSA) is 81.8 Å². The Labute approximate surface area is 143 Å². The normalized spacial score (nSPS) is 15.3. The van der Waals surface area contributed by atoms with E-state index in [1.165, 1.54) is 42.5 Å². The molecule has 1 aliphatic heterocycles. The molecule has 2 aromatic carbocycles. The SMILES string of the molecule is O=C1OC(c2ccccc2F)=N/C1=C/c1ccc([N+](=O)[O-])c(Br)c1. The molecule has 0 spiro atoms. The van der Waals surface area contributed by atoms with Gasteiger partial charge in [-0.05, 0) is 51.8 Å². The molecule has 0 N–H and O–H groups in total. The van der Waals surface area contributed by atoms with E-state index in [4.69, 9.17) is 4.74 Å². The van der Waals surface area contributed by atoms with E-state index in [2.05, 4.69) is 20.9 Å². The van der Waals surface area contributed by atoms with E-state index in [9.17, 15) is 19.3 Å².